The van der Waals surface area contributed by atoms with Crippen LogP contribution in [0.4, 0.5) is 5.69 Å². The number of nitro groups is 1. The van der Waals surface area contributed by atoms with Crippen LogP contribution >= 0.6 is 0 Å². The number of carbonyl (C=O) groups is 3. The van der Waals surface area contributed by atoms with Crippen molar-refractivity contribution in [2.24, 2.45) is 11.8 Å². The molecule has 0 aromatic heterocycles. The maximum Gasteiger partial charge on any atom is 0.337 e. The van der Waals surface area contributed by atoms with E-state index in [2.05, 4.69) is 5.32 Å². The Labute approximate surface area is 210 Å². The molecule has 1 N–H and O–H groups in total. The van der Waals surface area contributed by atoms with Crippen LogP contribution in [0.5, 0.6) is 0 Å². The van der Waals surface area contributed by atoms with Crippen molar-refractivity contribution in [3.8, 4) is 0 Å². The first-order valence-corrected chi connectivity index (χ1v) is 12.4. The second kappa shape index (κ2) is 10.2. The van der Waals surface area contributed by atoms with Gasteiger partial charge in [-0.25, -0.2) is 4.79 Å². The van der Waals surface area contributed by atoms with E-state index in [9.17, 15) is 24.5 Å². The third-order valence-electron chi connectivity index (χ3n) is 7.55. The summed E-state index contributed by atoms with van der Waals surface area (Å²) in [6, 6.07) is 4.72. The third kappa shape index (κ3) is 4.66. The van der Waals surface area contributed by atoms with Crippen LogP contribution in [0.15, 0.2) is 40.7 Å². The molecule has 1 heterocycles. The van der Waals surface area contributed by atoms with Crippen LogP contribution in [0.1, 0.15) is 69.4 Å². The van der Waals surface area contributed by atoms with E-state index in [0.717, 1.165) is 32.1 Å². The van der Waals surface area contributed by atoms with E-state index < -0.39 is 34.5 Å². The second-order valence-electron chi connectivity index (χ2n) is 10.0. The predicted octanol–water partition coefficient (Wildman–Crippen LogP) is 4.39. The minimum Gasteiger partial charge on any atom is -0.468 e. The molecule has 4 rings (SSSR count). The molecule has 0 radical (unpaired) electrons. The SMILES string of the molecule is COC(=O)C1C(=O)C2=C(CC1C)NC(C)=C(C(=O)OC1CCCCC1)C2c1ccc(C)c([N+](=O)[O-])c1. The fraction of sp³-hybridized carbons (Fsp3) is 0.519. The number of ether oxygens (including phenoxy) is 2. The molecule has 9 nitrogen and oxygen atoms in total. The molecule has 1 saturated carbocycles. The van der Waals surface area contributed by atoms with Gasteiger partial charge in [-0.1, -0.05) is 25.5 Å². The smallest absolute Gasteiger partial charge is 0.337 e. The molecule has 2 aliphatic carbocycles. The number of nitrogens with zero attached hydrogens (tertiary/aromatic N) is 1. The van der Waals surface area contributed by atoms with Crippen molar-refractivity contribution in [3.63, 3.8) is 0 Å². The van der Waals surface area contributed by atoms with Crippen LogP contribution in [0.25, 0.3) is 0 Å². The highest BCUT2D eigenvalue weighted by Crippen LogP contribution is 2.46. The van der Waals surface area contributed by atoms with E-state index in [4.69, 9.17) is 9.47 Å². The number of ketones is 1. The topological polar surface area (TPSA) is 125 Å². The van der Waals surface area contributed by atoms with Crippen molar-refractivity contribution in [2.75, 3.05) is 7.11 Å². The number of esters is 2. The molecule has 3 unspecified atom stereocenters. The number of hydrogen-bond acceptors (Lipinski definition) is 8. The highest BCUT2D eigenvalue weighted by Gasteiger charge is 2.47. The van der Waals surface area contributed by atoms with Gasteiger partial charge in [0.15, 0.2) is 5.78 Å². The highest BCUT2D eigenvalue weighted by molar-refractivity contribution is 6.12. The summed E-state index contributed by atoms with van der Waals surface area (Å²) in [6.45, 7) is 5.19. The zero-order valence-electron chi connectivity index (χ0n) is 21.1. The van der Waals surface area contributed by atoms with Crippen LogP contribution in [0.3, 0.4) is 0 Å². The average Bonchev–Trinajstić information content (AvgIpc) is 2.83. The van der Waals surface area contributed by atoms with E-state index >= 15 is 0 Å². The molecule has 1 fully saturated rings. The molecular weight excluding hydrogens is 464 g/mol. The van der Waals surface area contributed by atoms with E-state index in [-0.39, 0.29) is 28.9 Å². The van der Waals surface area contributed by atoms with Crippen LogP contribution < -0.4 is 5.32 Å². The fourth-order valence-electron chi connectivity index (χ4n) is 5.68. The van der Waals surface area contributed by atoms with Gasteiger partial charge in [-0.2, -0.15) is 0 Å². The molecule has 9 heteroatoms. The van der Waals surface area contributed by atoms with Gasteiger partial charge in [-0.15, -0.1) is 0 Å². The summed E-state index contributed by atoms with van der Waals surface area (Å²) >= 11 is 0. The lowest BCUT2D eigenvalue weighted by Gasteiger charge is -2.38. The number of Topliss-reactive ketones (excluding diaryl/α,β-unsaturated/α-hetero) is 1. The van der Waals surface area contributed by atoms with Gasteiger partial charge in [-0.3, -0.25) is 19.7 Å². The quantitative estimate of drug-likeness (QED) is 0.275. The van der Waals surface area contributed by atoms with E-state index in [1.54, 1.807) is 26.0 Å². The number of allylic oxidation sites excluding steroid dienone is 3. The standard InChI is InChI=1S/C27H32N2O7/c1-14-10-11-17(13-20(14)29(33)34)23-22(27(32)36-18-8-6-5-7-9-18)16(3)28-19-12-15(2)21(26(31)35-4)25(30)24(19)23/h10-11,13,15,18,21,23,28H,5-9,12H2,1-4H3. The number of aryl methyl sites for hydroxylation is 1. The van der Waals surface area contributed by atoms with Crippen LogP contribution in [0, 0.1) is 28.9 Å². The number of dihydropyridines is 1. The monoisotopic (exact) mass is 496 g/mol. The molecule has 0 spiro atoms. The Bertz CT molecular complexity index is 1180. The first-order chi connectivity index (χ1) is 17.1. The Morgan fingerprint density at radius 3 is 2.47 bits per heavy atom. The van der Waals surface area contributed by atoms with Gasteiger partial charge in [0.25, 0.3) is 5.69 Å². The van der Waals surface area contributed by atoms with Gasteiger partial charge < -0.3 is 14.8 Å². The molecule has 0 amide bonds. The van der Waals surface area contributed by atoms with Crippen molar-refractivity contribution in [1.29, 1.82) is 0 Å². The van der Waals surface area contributed by atoms with Gasteiger partial charge in [0.1, 0.15) is 12.0 Å². The molecule has 0 saturated heterocycles. The first-order valence-electron chi connectivity index (χ1n) is 12.4. The number of rotatable bonds is 5. The summed E-state index contributed by atoms with van der Waals surface area (Å²) in [7, 11) is 1.24. The Balaban J connectivity index is 1.84. The average molecular weight is 497 g/mol. The van der Waals surface area contributed by atoms with Gasteiger partial charge in [-0.05, 0) is 57.4 Å². The molecule has 1 aromatic carbocycles. The zero-order valence-corrected chi connectivity index (χ0v) is 21.1. The first kappa shape index (κ1) is 25.6. The number of carbonyl (C=O) groups excluding carboxylic acids is 3. The van der Waals surface area contributed by atoms with Gasteiger partial charge >= 0.3 is 11.9 Å². The molecule has 0 bridgehead atoms. The van der Waals surface area contributed by atoms with Crippen molar-refractivity contribution in [2.45, 2.75) is 71.3 Å². The summed E-state index contributed by atoms with van der Waals surface area (Å²) in [5.74, 6) is -3.85. The lowest BCUT2D eigenvalue weighted by molar-refractivity contribution is -0.385. The lowest BCUT2D eigenvalue weighted by atomic mass is 9.69. The van der Waals surface area contributed by atoms with Crippen LogP contribution in [-0.2, 0) is 23.9 Å². The Hall–Kier alpha value is -3.49. The van der Waals surface area contributed by atoms with E-state index in [0.29, 0.717) is 28.9 Å². The Kier molecular flexibility index (Phi) is 7.28. The normalized spacial score (nSPS) is 24.7. The number of nitrogens with one attached hydrogen (secondary N) is 1. The minimum absolute atomic E-state index is 0.105. The Morgan fingerprint density at radius 1 is 1.14 bits per heavy atom. The third-order valence-corrected chi connectivity index (χ3v) is 7.55. The largest absolute Gasteiger partial charge is 0.468 e. The zero-order chi connectivity index (χ0) is 26.1. The van der Waals surface area contributed by atoms with E-state index in [1.165, 1.54) is 13.2 Å². The molecule has 192 valence electrons. The van der Waals surface area contributed by atoms with Crippen LogP contribution in [0.2, 0.25) is 0 Å². The molecule has 1 aliphatic heterocycles. The number of nitro benzene ring substituents is 1. The van der Waals surface area contributed by atoms with Crippen molar-refractivity contribution in [1.82, 2.24) is 5.32 Å². The van der Waals surface area contributed by atoms with Gasteiger partial charge in [0, 0.05) is 34.5 Å². The summed E-state index contributed by atoms with van der Waals surface area (Å²) < 4.78 is 10.8. The predicted molar refractivity (Wildman–Crippen MR) is 131 cm³/mol. The number of benzene rings is 1. The second-order valence-corrected chi connectivity index (χ2v) is 10.0. The molecule has 1 aromatic rings. The molecular formula is C27H32N2O7. The Morgan fingerprint density at radius 2 is 1.83 bits per heavy atom. The summed E-state index contributed by atoms with van der Waals surface area (Å²) in [5.41, 5.74) is 2.46. The van der Waals surface area contributed by atoms with Crippen molar-refractivity contribution >= 4 is 23.4 Å². The fourth-order valence-corrected chi connectivity index (χ4v) is 5.68. The minimum atomic E-state index is -1.02. The van der Waals surface area contributed by atoms with Gasteiger partial charge in [0.05, 0.1) is 17.6 Å². The molecule has 3 atom stereocenters. The lowest BCUT2D eigenvalue weighted by Crippen LogP contribution is -2.43. The van der Waals surface area contributed by atoms with Crippen molar-refractivity contribution < 1.29 is 28.8 Å². The summed E-state index contributed by atoms with van der Waals surface area (Å²) in [4.78, 5) is 51.2. The van der Waals surface area contributed by atoms with E-state index in [1.807, 2.05) is 6.92 Å². The maximum atomic E-state index is 13.8. The molecule has 3 aliphatic rings. The maximum absolute atomic E-state index is 13.8. The number of hydrogen-bond donors (Lipinski definition) is 1. The highest BCUT2D eigenvalue weighted by atomic mass is 16.6. The van der Waals surface area contributed by atoms with Gasteiger partial charge in [0.2, 0.25) is 0 Å². The van der Waals surface area contributed by atoms with Crippen molar-refractivity contribution in [3.05, 3.63) is 62.0 Å². The summed E-state index contributed by atoms with van der Waals surface area (Å²) in [6.07, 6.45) is 4.81. The molecule has 36 heavy (non-hydrogen) atoms. The number of methoxy groups -OCH3 is 1. The summed E-state index contributed by atoms with van der Waals surface area (Å²) in [5, 5.41) is 14.9. The van der Waals surface area contributed by atoms with Crippen LogP contribution in [-0.4, -0.2) is 35.9 Å².